The average molecular weight is 387 g/mol. The van der Waals surface area contributed by atoms with Gasteiger partial charge in [0.25, 0.3) is 0 Å². The molecule has 0 aliphatic carbocycles. The van der Waals surface area contributed by atoms with Crippen LogP contribution < -0.4 is 0 Å². The van der Waals surface area contributed by atoms with Crippen LogP contribution in [0.3, 0.4) is 0 Å². The van der Waals surface area contributed by atoms with Crippen molar-refractivity contribution in [1.29, 1.82) is 0 Å². The third kappa shape index (κ3) is 3.15. The van der Waals surface area contributed by atoms with Crippen LogP contribution in [0.2, 0.25) is 0 Å². The van der Waals surface area contributed by atoms with E-state index in [1.165, 1.54) is 41.1 Å². The third-order valence-electron chi connectivity index (χ3n) is 4.75. The van der Waals surface area contributed by atoms with E-state index in [0.29, 0.717) is 0 Å². The van der Waals surface area contributed by atoms with Crippen molar-refractivity contribution < 1.29 is 0 Å². The smallest absolute Gasteiger partial charge is 0.0802 e. The Kier molecular flexibility index (Phi) is 4.03. The predicted octanol–water partition coefficient (Wildman–Crippen LogP) is 6.79. The van der Waals surface area contributed by atoms with Crippen LogP contribution in [0.5, 0.6) is 0 Å². The van der Waals surface area contributed by atoms with Crippen LogP contribution >= 0.6 is 22.7 Å². The number of aliphatic imine (C=N–C) groups is 1. The zero-order valence-corrected chi connectivity index (χ0v) is 16.8. The molecule has 0 radical (unpaired) electrons. The molecule has 27 heavy (non-hydrogen) atoms. The first kappa shape index (κ1) is 16.6. The van der Waals surface area contributed by atoms with E-state index in [0.717, 1.165) is 18.0 Å². The number of benzene rings is 1. The number of pyridine rings is 1. The van der Waals surface area contributed by atoms with Gasteiger partial charge in [0.15, 0.2) is 0 Å². The second-order valence-electron chi connectivity index (χ2n) is 6.88. The average Bonchev–Trinajstić information content (AvgIpc) is 3.19. The summed E-state index contributed by atoms with van der Waals surface area (Å²) in [5.41, 5.74) is 4.59. The fourth-order valence-corrected chi connectivity index (χ4v) is 5.43. The first-order chi connectivity index (χ1) is 13.2. The highest BCUT2D eigenvalue weighted by Gasteiger charge is 2.11. The quantitative estimate of drug-likeness (QED) is 0.372. The molecule has 0 spiro atoms. The molecule has 4 heteroatoms. The van der Waals surface area contributed by atoms with Gasteiger partial charge >= 0.3 is 0 Å². The van der Waals surface area contributed by atoms with Crippen LogP contribution in [-0.4, -0.2) is 17.2 Å². The molecule has 0 saturated carbocycles. The number of fused-ring (bicyclic) bond motifs is 2. The Bertz CT molecular complexity index is 1200. The van der Waals surface area contributed by atoms with Crippen LogP contribution in [0.4, 0.5) is 0 Å². The Hall–Kier alpha value is -2.56. The summed E-state index contributed by atoms with van der Waals surface area (Å²) < 4.78 is 2.62. The summed E-state index contributed by atoms with van der Waals surface area (Å²) in [4.78, 5) is 11.8. The second-order valence-corrected chi connectivity index (χ2v) is 9.04. The molecule has 0 fully saturated rings. The first-order valence-electron chi connectivity index (χ1n) is 8.95. The molecule has 0 atom stereocenters. The highest BCUT2D eigenvalue weighted by Crippen LogP contribution is 2.37. The minimum absolute atomic E-state index is 0.754. The number of aromatic nitrogens is 1. The molecule has 3 aromatic heterocycles. The lowest BCUT2D eigenvalue weighted by atomic mass is 10.1. The fourth-order valence-electron chi connectivity index (χ4n) is 3.22. The number of allylic oxidation sites excluding steroid dienone is 3. The summed E-state index contributed by atoms with van der Waals surface area (Å²) in [6.45, 7) is 4.94. The van der Waals surface area contributed by atoms with Gasteiger partial charge in [-0.3, -0.25) is 9.98 Å². The number of nitrogens with zero attached hydrogens (tertiary/aromatic N) is 2. The first-order valence-corrected chi connectivity index (χ1v) is 10.6. The third-order valence-corrected chi connectivity index (χ3v) is 6.99. The van der Waals surface area contributed by atoms with Crippen molar-refractivity contribution in [2.75, 3.05) is 6.54 Å². The largest absolute Gasteiger partial charge is 0.280 e. The zero-order valence-electron chi connectivity index (χ0n) is 15.2. The van der Waals surface area contributed by atoms with Crippen LogP contribution in [0.1, 0.15) is 17.4 Å². The van der Waals surface area contributed by atoms with Crippen LogP contribution in [0, 0.1) is 6.92 Å². The lowest BCUT2D eigenvalue weighted by Gasteiger charge is -1.95. The van der Waals surface area contributed by atoms with Crippen molar-refractivity contribution in [3.8, 4) is 10.6 Å². The number of hydrogen-bond acceptors (Lipinski definition) is 4. The van der Waals surface area contributed by atoms with E-state index in [-0.39, 0.29) is 0 Å². The van der Waals surface area contributed by atoms with Crippen molar-refractivity contribution in [1.82, 2.24) is 4.98 Å². The van der Waals surface area contributed by atoms with E-state index in [4.69, 9.17) is 4.99 Å². The second kappa shape index (κ2) is 6.55. The molecule has 0 amide bonds. The van der Waals surface area contributed by atoms with Gasteiger partial charge < -0.3 is 0 Å². The molecule has 4 aromatic rings. The molecular weight excluding hydrogens is 368 g/mol. The highest BCUT2D eigenvalue weighted by atomic mass is 32.1. The molecule has 4 heterocycles. The Morgan fingerprint density at radius 1 is 0.852 bits per heavy atom. The van der Waals surface area contributed by atoms with E-state index in [1.807, 2.05) is 28.9 Å². The number of thiophene rings is 2. The van der Waals surface area contributed by atoms with Crippen molar-refractivity contribution in [3.05, 3.63) is 76.8 Å². The monoisotopic (exact) mass is 386 g/mol. The maximum Gasteiger partial charge on any atom is 0.0802 e. The van der Waals surface area contributed by atoms with Crippen molar-refractivity contribution in [2.24, 2.45) is 4.99 Å². The van der Waals surface area contributed by atoms with Gasteiger partial charge in [-0.2, -0.15) is 0 Å². The minimum Gasteiger partial charge on any atom is -0.280 e. The number of rotatable bonds is 2. The van der Waals surface area contributed by atoms with Gasteiger partial charge in [-0.25, -0.2) is 0 Å². The molecule has 2 nitrogen and oxygen atoms in total. The number of aryl methyl sites for hydroxylation is 1. The molecule has 5 rings (SSSR count). The standard InChI is InChI=1S/C23H18N2S2/c1-14-3-5-18(24-8-7-14)22-10-16-9-17-11-23(19-6-4-15(2)13-25-19)27-21(17)12-20(16)26-22/h3-7,9-13H,8H2,1-2H3. The lowest BCUT2D eigenvalue weighted by molar-refractivity contribution is 1.23. The summed E-state index contributed by atoms with van der Waals surface area (Å²) in [5.74, 6) is 0. The van der Waals surface area contributed by atoms with Gasteiger partial charge in [0, 0.05) is 15.6 Å². The maximum absolute atomic E-state index is 4.72. The van der Waals surface area contributed by atoms with E-state index in [1.54, 1.807) is 0 Å². The van der Waals surface area contributed by atoms with Crippen molar-refractivity contribution in [2.45, 2.75) is 13.8 Å². The van der Waals surface area contributed by atoms with E-state index in [9.17, 15) is 0 Å². The predicted molar refractivity (Wildman–Crippen MR) is 119 cm³/mol. The summed E-state index contributed by atoms with van der Waals surface area (Å²) in [7, 11) is 0. The van der Waals surface area contributed by atoms with Gasteiger partial charge in [-0.05, 0) is 66.6 Å². The Morgan fingerprint density at radius 3 is 2.41 bits per heavy atom. The minimum atomic E-state index is 0.754. The van der Waals surface area contributed by atoms with Gasteiger partial charge in [-0.1, -0.05) is 23.8 Å². The van der Waals surface area contributed by atoms with E-state index < -0.39 is 0 Å². The molecule has 0 saturated heterocycles. The van der Waals surface area contributed by atoms with Crippen molar-refractivity contribution >= 4 is 48.6 Å². The molecule has 0 bridgehead atoms. The molecule has 0 unspecified atom stereocenters. The van der Waals surface area contributed by atoms with Crippen LogP contribution in [-0.2, 0) is 0 Å². The van der Waals surface area contributed by atoms with E-state index >= 15 is 0 Å². The van der Waals surface area contributed by atoms with Gasteiger partial charge in [0.05, 0.1) is 27.7 Å². The zero-order chi connectivity index (χ0) is 18.4. The fraction of sp³-hybridized carbons (Fsp3) is 0.130. The summed E-state index contributed by atoms with van der Waals surface area (Å²) in [6, 6.07) is 13.4. The maximum atomic E-state index is 4.72. The highest BCUT2D eigenvalue weighted by molar-refractivity contribution is 7.23. The Morgan fingerprint density at radius 2 is 1.63 bits per heavy atom. The molecule has 1 aliphatic rings. The Balaban J connectivity index is 1.56. The van der Waals surface area contributed by atoms with Gasteiger partial charge in [-0.15, -0.1) is 22.7 Å². The Labute approximate surface area is 166 Å². The van der Waals surface area contributed by atoms with Crippen LogP contribution in [0.25, 0.3) is 30.7 Å². The molecule has 1 aliphatic heterocycles. The van der Waals surface area contributed by atoms with Gasteiger partial charge in [0.2, 0.25) is 0 Å². The normalized spacial score (nSPS) is 14.4. The number of hydrogen-bond donors (Lipinski definition) is 0. The topological polar surface area (TPSA) is 25.2 Å². The summed E-state index contributed by atoms with van der Waals surface area (Å²) in [6.07, 6.45) is 8.37. The van der Waals surface area contributed by atoms with Gasteiger partial charge in [0.1, 0.15) is 0 Å². The molecule has 0 N–H and O–H groups in total. The SMILES string of the molecule is CC1=CCN=C(c2cc3cc4cc(-c5ccc(C)cn5)sc4cc3s2)C=C1. The van der Waals surface area contributed by atoms with Crippen LogP contribution in [0.15, 0.2) is 71.4 Å². The lowest BCUT2D eigenvalue weighted by Crippen LogP contribution is -1.92. The molecule has 1 aromatic carbocycles. The molecule has 132 valence electrons. The summed E-state index contributed by atoms with van der Waals surface area (Å²) >= 11 is 3.63. The van der Waals surface area contributed by atoms with E-state index in [2.05, 4.69) is 73.5 Å². The van der Waals surface area contributed by atoms with Crippen molar-refractivity contribution in [3.63, 3.8) is 0 Å². The summed E-state index contributed by atoms with van der Waals surface area (Å²) in [5, 5.41) is 2.57. The molecular formula is C23H18N2S2.